The lowest BCUT2D eigenvalue weighted by atomic mass is 9.44. The smallest absolute Gasteiger partial charge is 0.310 e. The van der Waals surface area contributed by atoms with Gasteiger partial charge in [0.15, 0.2) is 5.78 Å². The fraction of sp³-hybridized carbons (Fsp3) is 0.850. The van der Waals surface area contributed by atoms with Crippen LogP contribution in [0.2, 0.25) is 0 Å². The summed E-state index contributed by atoms with van der Waals surface area (Å²) < 4.78 is 0. The van der Waals surface area contributed by atoms with Crippen LogP contribution in [0.15, 0.2) is 0 Å². The normalized spacial score (nSPS) is 24.8. The molecule has 6 heteroatoms. The predicted octanol–water partition coefficient (Wildman–Crippen LogP) is 3.76. The van der Waals surface area contributed by atoms with Gasteiger partial charge in [0.1, 0.15) is 0 Å². The van der Waals surface area contributed by atoms with Crippen molar-refractivity contribution in [2.75, 3.05) is 6.54 Å². The van der Waals surface area contributed by atoms with Crippen LogP contribution in [0.1, 0.15) is 90.4 Å². The molecule has 2 unspecified atom stereocenters. The molecule has 2 atom stereocenters. The van der Waals surface area contributed by atoms with E-state index in [1.54, 1.807) is 0 Å². The first-order valence-corrected chi connectivity index (χ1v) is 10.0. The third-order valence-corrected chi connectivity index (χ3v) is 6.22. The monoisotopic (exact) mass is 369 g/mol. The summed E-state index contributed by atoms with van der Waals surface area (Å²) in [7, 11) is 0. The van der Waals surface area contributed by atoms with E-state index in [0.717, 1.165) is 32.1 Å². The van der Waals surface area contributed by atoms with E-state index >= 15 is 0 Å². The maximum Gasteiger partial charge on any atom is 0.310 e. The summed E-state index contributed by atoms with van der Waals surface area (Å²) in [5, 5.41) is 18.7. The van der Waals surface area contributed by atoms with Crippen molar-refractivity contribution in [2.24, 2.45) is 16.6 Å². The van der Waals surface area contributed by atoms with Crippen LogP contribution in [0.4, 0.5) is 0 Å². The fourth-order valence-electron chi connectivity index (χ4n) is 4.53. The van der Waals surface area contributed by atoms with E-state index in [1.165, 1.54) is 0 Å². The molecule has 0 heterocycles. The highest BCUT2D eigenvalue weighted by molar-refractivity contribution is 5.95. The SMILES string of the molecule is CCCCCCCC1(C(=O)CN)CCC1(CCCCCC(=O)O)C(=O)O. The van der Waals surface area contributed by atoms with Gasteiger partial charge >= 0.3 is 11.9 Å². The number of carbonyl (C=O) groups excluding carboxylic acids is 1. The van der Waals surface area contributed by atoms with E-state index in [4.69, 9.17) is 10.8 Å². The van der Waals surface area contributed by atoms with Gasteiger partial charge in [0.2, 0.25) is 0 Å². The van der Waals surface area contributed by atoms with Gasteiger partial charge in [0.25, 0.3) is 0 Å². The van der Waals surface area contributed by atoms with Crippen molar-refractivity contribution in [1.82, 2.24) is 0 Å². The van der Waals surface area contributed by atoms with E-state index in [0.29, 0.717) is 44.9 Å². The predicted molar refractivity (Wildman–Crippen MR) is 99.9 cm³/mol. The van der Waals surface area contributed by atoms with Crippen molar-refractivity contribution in [1.29, 1.82) is 0 Å². The molecule has 0 amide bonds. The highest BCUT2D eigenvalue weighted by atomic mass is 16.4. The third-order valence-electron chi connectivity index (χ3n) is 6.22. The highest BCUT2D eigenvalue weighted by Crippen LogP contribution is 2.62. The Bertz CT molecular complexity index is 493. The van der Waals surface area contributed by atoms with Crippen molar-refractivity contribution in [3.05, 3.63) is 0 Å². The van der Waals surface area contributed by atoms with E-state index in [1.807, 2.05) is 0 Å². The molecule has 0 aliphatic heterocycles. The molecule has 1 saturated carbocycles. The minimum absolute atomic E-state index is 0.102. The summed E-state index contributed by atoms with van der Waals surface area (Å²) in [6, 6.07) is 0. The van der Waals surface area contributed by atoms with Crippen LogP contribution >= 0.6 is 0 Å². The minimum atomic E-state index is -1.02. The summed E-state index contributed by atoms with van der Waals surface area (Å²) in [5.74, 6) is -1.84. The number of hydrogen-bond acceptors (Lipinski definition) is 4. The Morgan fingerprint density at radius 3 is 1.85 bits per heavy atom. The second-order valence-corrected chi connectivity index (χ2v) is 7.72. The van der Waals surface area contributed by atoms with Gasteiger partial charge in [-0.15, -0.1) is 0 Å². The Kier molecular flexibility index (Phi) is 9.27. The molecule has 0 bridgehead atoms. The zero-order valence-electron chi connectivity index (χ0n) is 16.1. The number of nitrogens with two attached hydrogens (primary N) is 1. The molecular formula is C20H35NO5. The fourth-order valence-corrected chi connectivity index (χ4v) is 4.53. The lowest BCUT2D eigenvalue weighted by molar-refractivity contribution is -0.184. The molecule has 4 N–H and O–H groups in total. The van der Waals surface area contributed by atoms with Gasteiger partial charge in [-0.05, 0) is 32.1 Å². The summed E-state index contributed by atoms with van der Waals surface area (Å²) in [6.07, 6.45) is 9.40. The van der Waals surface area contributed by atoms with Gasteiger partial charge < -0.3 is 15.9 Å². The first kappa shape index (κ1) is 22.6. The third kappa shape index (κ3) is 5.06. The first-order valence-electron chi connectivity index (χ1n) is 10.0. The van der Waals surface area contributed by atoms with Crippen molar-refractivity contribution in [2.45, 2.75) is 90.4 Å². The Labute approximate surface area is 156 Å². The zero-order valence-corrected chi connectivity index (χ0v) is 16.1. The zero-order chi connectivity index (χ0) is 19.6. The van der Waals surface area contributed by atoms with E-state index in [2.05, 4.69) is 6.92 Å². The number of ketones is 1. The Morgan fingerprint density at radius 2 is 1.38 bits per heavy atom. The summed E-state index contributed by atoms with van der Waals surface area (Å²) in [4.78, 5) is 35.4. The Hall–Kier alpha value is -1.43. The van der Waals surface area contributed by atoms with E-state index in [9.17, 15) is 19.5 Å². The largest absolute Gasteiger partial charge is 0.481 e. The standard InChI is InChI=1S/C20H35NO5/c1-2-3-4-5-8-11-19(16(22)15-21)13-14-20(19,18(25)26)12-9-6-7-10-17(23)24/h2-15,21H2,1H3,(H,23,24)(H,25,26). The lowest BCUT2D eigenvalue weighted by Crippen LogP contribution is -2.61. The molecule has 1 aliphatic carbocycles. The maximum atomic E-state index is 12.7. The highest BCUT2D eigenvalue weighted by Gasteiger charge is 2.65. The van der Waals surface area contributed by atoms with E-state index in [-0.39, 0.29) is 18.7 Å². The molecule has 26 heavy (non-hydrogen) atoms. The maximum absolute atomic E-state index is 12.7. The van der Waals surface area contributed by atoms with Gasteiger partial charge in [-0.1, -0.05) is 51.9 Å². The van der Waals surface area contributed by atoms with Gasteiger partial charge in [-0.2, -0.15) is 0 Å². The molecular weight excluding hydrogens is 334 g/mol. The van der Waals surface area contributed by atoms with Crippen LogP contribution in [0, 0.1) is 10.8 Å². The summed E-state index contributed by atoms with van der Waals surface area (Å²) >= 11 is 0. The van der Waals surface area contributed by atoms with Crippen LogP contribution in [0.5, 0.6) is 0 Å². The number of carboxylic acid groups (broad SMARTS) is 2. The molecule has 0 saturated heterocycles. The molecule has 0 aromatic heterocycles. The van der Waals surface area contributed by atoms with Crippen LogP contribution in [-0.4, -0.2) is 34.5 Å². The number of aliphatic carboxylic acids is 2. The van der Waals surface area contributed by atoms with Crippen molar-refractivity contribution in [3.63, 3.8) is 0 Å². The van der Waals surface area contributed by atoms with E-state index < -0.39 is 22.8 Å². The van der Waals surface area contributed by atoms with Crippen molar-refractivity contribution in [3.8, 4) is 0 Å². The lowest BCUT2D eigenvalue weighted by Gasteiger charge is -2.56. The molecule has 6 nitrogen and oxygen atoms in total. The van der Waals surface area contributed by atoms with Crippen LogP contribution in [0.3, 0.4) is 0 Å². The molecule has 0 aromatic carbocycles. The number of Topliss-reactive ketones (excluding diaryl/α,β-unsaturated/α-hetero) is 1. The minimum Gasteiger partial charge on any atom is -0.481 e. The van der Waals surface area contributed by atoms with Crippen LogP contribution < -0.4 is 5.73 Å². The molecule has 0 spiro atoms. The average Bonchev–Trinajstić information content (AvgIpc) is 2.58. The number of rotatable bonds is 15. The Morgan fingerprint density at radius 1 is 0.846 bits per heavy atom. The molecule has 0 aromatic rings. The van der Waals surface area contributed by atoms with Gasteiger partial charge in [0.05, 0.1) is 12.0 Å². The van der Waals surface area contributed by atoms with Gasteiger partial charge in [-0.3, -0.25) is 14.4 Å². The average molecular weight is 370 g/mol. The number of carbonyl (C=O) groups is 3. The van der Waals surface area contributed by atoms with Crippen molar-refractivity contribution >= 4 is 17.7 Å². The van der Waals surface area contributed by atoms with Gasteiger partial charge in [-0.25, -0.2) is 0 Å². The number of hydrogen-bond donors (Lipinski definition) is 3. The second kappa shape index (κ2) is 10.7. The van der Waals surface area contributed by atoms with Crippen LogP contribution in [0.25, 0.3) is 0 Å². The number of carboxylic acids is 2. The first-order chi connectivity index (χ1) is 12.4. The quantitative estimate of drug-likeness (QED) is 0.378. The second-order valence-electron chi connectivity index (χ2n) is 7.72. The van der Waals surface area contributed by atoms with Gasteiger partial charge in [0, 0.05) is 11.8 Å². The number of unbranched alkanes of at least 4 members (excludes halogenated alkanes) is 6. The molecule has 1 aliphatic rings. The molecule has 150 valence electrons. The molecule has 1 rings (SSSR count). The topological polar surface area (TPSA) is 118 Å². The molecule has 0 radical (unpaired) electrons. The summed E-state index contributed by atoms with van der Waals surface area (Å²) in [6.45, 7) is 2.04. The molecule has 1 fully saturated rings. The van der Waals surface area contributed by atoms with Crippen LogP contribution in [-0.2, 0) is 14.4 Å². The Balaban J connectivity index is 2.77. The summed E-state index contributed by atoms with van der Waals surface area (Å²) in [5.41, 5.74) is 3.80. The van der Waals surface area contributed by atoms with Crippen molar-refractivity contribution < 1.29 is 24.6 Å².